The molecule has 6 heteroatoms. The van der Waals surface area contributed by atoms with Gasteiger partial charge in [-0.05, 0) is 26.0 Å². The SMILES string of the molecule is CCOC(=O)C(C(=O)OCC)=C(Cl)c1ccco1. The van der Waals surface area contributed by atoms with Gasteiger partial charge in [-0.1, -0.05) is 11.6 Å². The van der Waals surface area contributed by atoms with Crippen LogP contribution in [0.3, 0.4) is 0 Å². The van der Waals surface area contributed by atoms with E-state index in [0.717, 1.165) is 0 Å². The van der Waals surface area contributed by atoms with E-state index in [1.807, 2.05) is 0 Å². The van der Waals surface area contributed by atoms with Gasteiger partial charge in [0.05, 0.1) is 19.5 Å². The number of ether oxygens (including phenoxy) is 2. The van der Waals surface area contributed by atoms with E-state index < -0.39 is 11.9 Å². The highest BCUT2D eigenvalue weighted by Gasteiger charge is 2.27. The summed E-state index contributed by atoms with van der Waals surface area (Å²) in [4.78, 5) is 23.4. The average molecular weight is 273 g/mol. The third-order valence-electron chi connectivity index (χ3n) is 1.92. The summed E-state index contributed by atoms with van der Waals surface area (Å²) in [6, 6.07) is 3.12. The Morgan fingerprint density at radius 2 is 1.78 bits per heavy atom. The zero-order valence-corrected chi connectivity index (χ0v) is 10.8. The van der Waals surface area contributed by atoms with Gasteiger partial charge in [0, 0.05) is 0 Å². The van der Waals surface area contributed by atoms with Crippen LogP contribution in [-0.4, -0.2) is 25.2 Å². The Kier molecular flexibility index (Phi) is 5.45. The molecule has 0 amide bonds. The molecule has 98 valence electrons. The predicted molar refractivity (Wildman–Crippen MR) is 64.7 cm³/mol. The van der Waals surface area contributed by atoms with Crippen molar-refractivity contribution in [3.05, 3.63) is 29.7 Å². The van der Waals surface area contributed by atoms with Crippen molar-refractivity contribution in [2.24, 2.45) is 0 Å². The van der Waals surface area contributed by atoms with Gasteiger partial charge in [0.2, 0.25) is 0 Å². The minimum Gasteiger partial charge on any atom is -0.463 e. The van der Waals surface area contributed by atoms with Crippen LogP contribution in [0.1, 0.15) is 19.6 Å². The molecule has 18 heavy (non-hydrogen) atoms. The van der Waals surface area contributed by atoms with Crippen LogP contribution in [0.15, 0.2) is 28.4 Å². The van der Waals surface area contributed by atoms with Gasteiger partial charge in [-0.2, -0.15) is 0 Å². The molecule has 5 nitrogen and oxygen atoms in total. The molecule has 0 aromatic carbocycles. The van der Waals surface area contributed by atoms with E-state index in [2.05, 4.69) is 0 Å². The summed E-state index contributed by atoms with van der Waals surface area (Å²) in [7, 11) is 0. The summed E-state index contributed by atoms with van der Waals surface area (Å²) < 4.78 is 14.6. The molecule has 0 fully saturated rings. The van der Waals surface area contributed by atoms with Crippen LogP contribution < -0.4 is 0 Å². The molecule has 0 radical (unpaired) electrons. The smallest absolute Gasteiger partial charge is 0.347 e. The fourth-order valence-corrected chi connectivity index (χ4v) is 1.46. The lowest BCUT2D eigenvalue weighted by Gasteiger charge is -2.07. The van der Waals surface area contributed by atoms with E-state index >= 15 is 0 Å². The highest BCUT2D eigenvalue weighted by atomic mass is 35.5. The molecule has 0 unspecified atom stereocenters. The Hall–Kier alpha value is -1.75. The van der Waals surface area contributed by atoms with Gasteiger partial charge in [-0.15, -0.1) is 0 Å². The Balaban J connectivity index is 3.14. The summed E-state index contributed by atoms with van der Waals surface area (Å²) in [5, 5.41) is -0.128. The Morgan fingerprint density at radius 3 is 2.17 bits per heavy atom. The summed E-state index contributed by atoms with van der Waals surface area (Å²) in [5.41, 5.74) is -0.365. The van der Waals surface area contributed by atoms with Gasteiger partial charge in [-0.25, -0.2) is 9.59 Å². The predicted octanol–water partition coefficient (Wildman–Crippen LogP) is 2.36. The van der Waals surface area contributed by atoms with Crippen LogP contribution in [0.4, 0.5) is 0 Å². The van der Waals surface area contributed by atoms with Crippen molar-refractivity contribution in [2.45, 2.75) is 13.8 Å². The zero-order valence-electron chi connectivity index (χ0n) is 10.1. The van der Waals surface area contributed by atoms with Gasteiger partial charge >= 0.3 is 11.9 Å². The molecule has 1 aromatic rings. The second kappa shape index (κ2) is 6.86. The van der Waals surface area contributed by atoms with Crippen LogP contribution in [0.25, 0.3) is 5.03 Å². The molecule has 0 spiro atoms. The van der Waals surface area contributed by atoms with E-state index in [0.29, 0.717) is 0 Å². The van der Waals surface area contributed by atoms with Gasteiger partial charge in [0.1, 0.15) is 10.8 Å². The first-order valence-electron chi connectivity index (χ1n) is 5.39. The monoisotopic (exact) mass is 272 g/mol. The van der Waals surface area contributed by atoms with Crippen LogP contribution in [-0.2, 0) is 19.1 Å². The average Bonchev–Trinajstić information content (AvgIpc) is 2.83. The van der Waals surface area contributed by atoms with Crippen molar-refractivity contribution >= 4 is 28.6 Å². The van der Waals surface area contributed by atoms with Crippen molar-refractivity contribution in [3.8, 4) is 0 Å². The molecular formula is C12H13ClO5. The maximum Gasteiger partial charge on any atom is 0.347 e. The molecule has 0 saturated carbocycles. The molecule has 1 aromatic heterocycles. The number of hydrogen-bond donors (Lipinski definition) is 0. The number of furan rings is 1. The molecular weight excluding hydrogens is 260 g/mol. The molecule has 0 aliphatic carbocycles. The standard InChI is InChI=1S/C12H13ClO5/c1-3-16-11(14)9(12(15)17-4-2)10(13)8-6-5-7-18-8/h5-7H,3-4H2,1-2H3. The van der Waals surface area contributed by atoms with Crippen molar-refractivity contribution in [2.75, 3.05) is 13.2 Å². The van der Waals surface area contributed by atoms with E-state index in [1.165, 1.54) is 12.3 Å². The highest BCUT2D eigenvalue weighted by molar-refractivity contribution is 6.53. The van der Waals surface area contributed by atoms with Crippen LogP contribution in [0, 0.1) is 0 Å². The molecule has 0 aliphatic heterocycles. The Morgan fingerprint density at radius 1 is 1.22 bits per heavy atom. The molecule has 1 rings (SSSR count). The Bertz CT molecular complexity index is 427. The fraction of sp³-hybridized carbons (Fsp3) is 0.333. The van der Waals surface area contributed by atoms with Crippen molar-refractivity contribution < 1.29 is 23.5 Å². The molecule has 0 bridgehead atoms. The minimum absolute atomic E-state index is 0.128. The van der Waals surface area contributed by atoms with Crippen LogP contribution >= 0.6 is 11.6 Å². The first-order valence-corrected chi connectivity index (χ1v) is 5.77. The van der Waals surface area contributed by atoms with E-state index in [1.54, 1.807) is 19.9 Å². The number of rotatable bonds is 5. The third kappa shape index (κ3) is 3.37. The van der Waals surface area contributed by atoms with E-state index in [-0.39, 0.29) is 29.6 Å². The molecule has 0 N–H and O–H groups in total. The molecule has 1 heterocycles. The first kappa shape index (κ1) is 14.3. The maximum atomic E-state index is 11.7. The number of carbonyl (C=O) groups is 2. The second-order valence-corrected chi connectivity index (χ2v) is 3.49. The number of halogens is 1. The summed E-state index contributed by atoms with van der Waals surface area (Å²) in [5.74, 6) is -1.47. The number of carbonyl (C=O) groups excluding carboxylic acids is 2. The summed E-state index contributed by atoms with van der Waals surface area (Å²) in [6.45, 7) is 3.51. The maximum absolute atomic E-state index is 11.7. The molecule has 0 saturated heterocycles. The quantitative estimate of drug-likeness (QED) is 0.356. The second-order valence-electron chi connectivity index (χ2n) is 3.11. The van der Waals surface area contributed by atoms with Gasteiger partial charge < -0.3 is 13.9 Å². The highest BCUT2D eigenvalue weighted by Crippen LogP contribution is 2.25. The van der Waals surface area contributed by atoms with Gasteiger partial charge in [0.15, 0.2) is 5.57 Å². The molecule has 0 atom stereocenters. The van der Waals surface area contributed by atoms with Gasteiger partial charge in [-0.3, -0.25) is 0 Å². The first-order chi connectivity index (χ1) is 8.61. The van der Waals surface area contributed by atoms with Crippen molar-refractivity contribution in [1.82, 2.24) is 0 Å². The van der Waals surface area contributed by atoms with Crippen LogP contribution in [0.5, 0.6) is 0 Å². The van der Waals surface area contributed by atoms with E-state index in [9.17, 15) is 9.59 Å². The van der Waals surface area contributed by atoms with Crippen molar-refractivity contribution in [3.63, 3.8) is 0 Å². The fourth-order valence-electron chi connectivity index (χ4n) is 1.20. The molecule has 0 aliphatic rings. The largest absolute Gasteiger partial charge is 0.463 e. The summed E-state index contributed by atoms with van der Waals surface area (Å²) >= 11 is 5.96. The lowest BCUT2D eigenvalue weighted by molar-refractivity contribution is -0.146. The number of hydrogen-bond acceptors (Lipinski definition) is 5. The van der Waals surface area contributed by atoms with Gasteiger partial charge in [0.25, 0.3) is 0 Å². The lowest BCUT2D eigenvalue weighted by Crippen LogP contribution is -2.19. The summed E-state index contributed by atoms with van der Waals surface area (Å²) in [6.07, 6.45) is 1.38. The zero-order chi connectivity index (χ0) is 13.5. The topological polar surface area (TPSA) is 65.7 Å². The van der Waals surface area contributed by atoms with Crippen molar-refractivity contribution in [1.29, 1.82) is 0 Å². The third-order valence-corrected chi connectivity index (χ3v) is 2.29. The normalized spacial score (nSPS) is 9.72. The van der Waals surface area contributed by atoms with Crippen LogP contribution in [0.2, 0.25) is 0 Å². The van der Waals surface area contributed by atoms with E-state index in [4.69, 9.17) is 25.5 Å². The Labute approximate surface area is 109 Å². The lowest BCUT2D eigenvalue weighted by atomic mass is 10.2. The number of esters is 2. The minimum atomic E-state index is -0.836.